The average Bonchev–Trinajstić information content (AvgIpc) is 3.14. The van der Waals surface area contributed by atoms with E-state index in [1.54, 1.807) is 18.2 Å². The van der Waals surface area contributed by atoms with E-state index in [2.05, 4.69) is 10.6 Å². The molecule has 0 saturated carbocycles. The zero-order chi connectivity index (χ0) is 20.8. The standard InChI is InChI=1S/C19H16F2N2O6/c20-11-1-3-13(14(21)7-11)19(26)22-6-5-18(25)27-9-17(24)23-12-2-4-15-16(8-12)29-10-28-15/h1-4,7-8H,5-6,9-10H2,(H,22,26)(H,23,24). The van der Waals surface area contributed by atoms with E-state index in [1.807, 2.05) is 0 Å². The van der Waals surface area contributed by atoms with Crippen molar-refractivity contribution in [2.24, 2.45) is 0 Å². The first-order valence-corrected chi connectivity index (χ1v) is 8.51. The molecule has 2 aromatic carbocycles. The van der Waals surface area contributed by atoms with Crippen LogP contribution < -0.4 is 20.1 Å². The van der Waals surface area contributed by atoms with Crippen LogP contribution in [0.25, 0.3) is 0 Å². The van der Waals surface area contributed by atoms with Crippen molar-refractivity contribution in [3.05, 3.63) is 53.6 Å². The van der Waals surface area contributed by atoms with Crippen molar-refractivity contribution in [1.29, 1.82) is 0 Å². The minimum absolute atomic E-state index is 0.106. The Morgan fingerprint density at radius 1 is 1.03 bits per heavy atom. The summed E-state index contributed by atoms with van der Waals surface area (Å²) in [5.41, 5.74) is 0.103. The summed E-state index contributed by atoms with van der Waals surface area (Å²) in [4.78, 5) is 35.3. The number of carbonyl (C=O) groups excluding carboxylic acids is 3. The quantitative estimate of drug-likeness (QED) is 0.682. The lowest BCUT2D eigenvalue weighted by molar-refractivity contribution is -0.147. The molecule has 8 nitrogen and oxygen atoms in total. The highest BCUT2D eigenvalue weighted by atomic mass is 19.1. The molecule has 0 aliphatic carbocycles. The van der Waals surface area contributed by atoms with Crippen molar-refractivity contribution < 1.29 is 37.4 Å². The van der Waals surface area contributed by atoms with E-state index in [1.165, 1.54) is 0 Å². The molecule has 2 N–H and O–H groups in total. The molecule has 0 unspecified atom stereocenters. The Labute approximate surface area is 163 Å². The number of ether oxygens (including phenoxy) is 3. The van der Waals surface area contributed by atoms with Crippen LogP contribution in [0.2, 0.25) is 0 Å². The van der Waals surface area contributed by atoms with Crippen LogP contribution in [0.4, 0.5) is 14.5 Å². The summed E-state index contributed by atoms with van der Waals surface area (Å²) in [5.74, 6) is -2.84. The number of anilines is 1. The molecule has 0 atom stereocenters. The van der Waals surface area contributed by atoms with Gasteiger partial charge in [0.25, 0.3) is 11.8 Å². The molecule has 152 valence electrons. The van der Waals surface area contributed by atoms with E-state index >= 15 is 0 Å². The zero-order valence-electron chi connectivity index (χ0n) is 15.0. The van der Waals surface area contributed by atoms with Gasteiger partial charge in [0.15, 0.2) is 18.1 Å². The van der Waals surface area contributed by atoms with Gasteiger partial charge < -0.3 is 24.8 Å². The van der Waals surface area contributed by atoms with Gasteiger partial charge in [-0.3, -0.25) is 14.4 Å². The minimum atomic E-state index is -1.01. The first-order valence-electron chi connectivity index (χ1n) is 8.51. The molecule has 0 aromatic heterocycles. The summed E-state index contributed by atoms with van der Waals surface area (Å²) < 4.78 is 41.5. The first kappa shape index (κ1) is 20.1. The maximum atomic E-state index is 13.5. The fourth-order valence-corrected chi connectivity index (χ4v) is 2.44. The number of nitrogens with one attached hydrogen (secondary N) is 2. The second-order valence-electron chi connectivity index (χ2n) is 5.91. The predicted octanol–water partition coefficient (Wildman–Crippen LogP) is 2.00. The summed E-state index contributed by atoms with van der Waals surface area (Å²) in [6.07, 6.45) is -0.230. The van der Waals surface area contributed by atoms with Crippen molar-refractivity contribution in [2.45, 2.75) is 6.42 Å². The highest BCUT2D eigenvalue weighted by Crippen LogP contribution is 2.34. The van der Waals surface area contributed by atoms with Gasteiger partial charge in [-0.1, -0.05) is 0 Å². The highest BCUT2D eigenvalue weighted by Gasteiger charge is 2.15. The molecule has 3 rings (SSSR count). The Kier molecular flexibility index (Phi) is 6.22. The Morgan fingerprint density at radius 2 is 1.83 bits per heavy atom. The van der Waals surface area contributed by atoms with Gasteiger partial charge in [-0.2, -0.15) is 0 Å². The van der Waals surface area contributed by atoms with Crippen molar-refractivity contribution in [1.82, 2.24) is 5.32 Å². The van der Waals surface area contributed by atoms with Gasteiger partial charge in [0.2, 0.25) is 6.79 Å². The number of benzene rings is 2. The number of rotatable bonds is 7. The van der Waals surface area contributed by atoms with E-state index in [0.717, 1.165) is 12.1 Å². The summed E-state index contributed by atoms with van der Waals surface area (Å²) in [6, 6.07) is 7.35. The molecule has 10 heteroatoms. The Hall–Kier alpha value is -3.69. The average molecular weight is 406 g/mol. The van der Waals surface area contributed by atoms with E-state index in [9.17, 15) is 23.2 Å². The van der Waals surface area contributed by atoms with Gasteiger partial charge in [0, 0.05) is 24.4 Å². The topological polar surface area (TPSA) is 103 Å². The number of esters is 1. The zero-order valence-corrected chi connectivity index (χ0v) is 15.0. The number of fused-ring (bicyclic) bond motifs is 1. The van der Waals surface area contributed by atoms with Crippen LogP contribution in [0.15, 0.2) is 36.4 Å². The molecule has 2 amide bonds. The SMILES string of the molecule is O=C(COC(=O)CCNC(=O)c1ccc(F)cc1F)Nc1ccc2c(c1)OCO2. The fourth-order valence-electron chi connectivity index (χ4n) is 2.44. The maximum Gasteiger partial charge on any atom is 0.308 e. The van der Waals surface area contributed by atoms with Gasteiger partial charge >= 0.3 is 5.97 Å². The van der Waals surface area contributed by atoms with Crippen molar-refractivity contribution in [3.63, 3.8) is 0 Å². The second-order valence-corrected chi connectivity index (χ2v) is 5.91. The van der Waals surface area contributed by atoms with Crippen LogP contribution in [0.3, 0.4) is 0 Å². The summed E-state index contributed by atoms with van der Waals surface area (Å²) in [6.45, 7) is -0.555. The lowest BCUT2D eigenvalue weighted by Gasteiger charge is -2.08. The van der Waals surface area contributed by atoms with Crippen molar-refractivity contribution >= 4 is 23.5 Å². The summed E-state index contributed by atoms with van der Waals surface area (Å²) in [5, 5.41) is 4.85. The third-order valence-electron chi connectivity index (χ3n) is 3.81. The summed E-state index contributed by atoms with van der Waals surface area (Å²) in [7, 11) is 0. The largest absolute Gasteiger partial charge is 0.456 e. The highest BCUT2D eigenvalue weighted by molar-refractivity contribution is 5.95. The Morgan fingerprint density at radius 3 is 2.62 bits per heavy atom. The van der Waals surface area contributed by atoms with Gasteiger partial charge in [0.05, 0.1) is 12.0 Å². The van der Waals surface area contributed by atoms with Gasteiger partial charge in [-0.05, 0) is 24.3 Å². The smallest absolute Gasteiger partial charge is 0.308 e. The van der Waals surface area contributed by atoms with E-state index in [4.69, 9.17) is 14.2 Å². The van der Waals surface area contributed by atoms with E-state index in [0.29, 0.717) is 23.3 Å². The molecule has 1 aliphatic heterocycles. The second kappa shape index (κ2) is 9.00. The van der Waals surface area contributed by atoms with Gasteiger partial charge in [-0.25, -0.2) is 8.78 Å². The van der Waals surface area contributed by atoms with Gasteiger partial charge in [0.1, 0.15) is 11.6 Å². The molecular weight excluding hydrogens is 390 g/mol. The molecule has 29 heavy (non-hydrogen) atoms. The lowest BCUT2D eigenvalue weighted by atomic mass is 10.2. The number of carbonyl (C=O) groups is 3. The molecular formula is C19H16F2N2O6. The van der Waals surface area contributed by atoms with Crippen LogP contribution in [0, 0.1) is 11.6 Å². The molecule has 0 fully saturated rings. The molecule has 1 heterocycles. The van der Waals surface area contributed by atoms with E-state index < -0.39 is 36.0 Å². The lowest BCUT2D eigenvalue weighted by Crippen LogP contribution is -2.28. The number of halogens is 2. The number of amides is 2. The van der Waals surface area contributed by atoms with Gasteiger partial charge in [-0.15, -0.1) is 0 Å². The fraction of sp³-hybridized carbons (Fsp3) is 0.211. The molecule has 0 spiro atoms. The Bertz CT molecular complexity index is 950. The van der Waals surface area contributed by atoms with Crippen molar-refractivity contribution in [2.75, 3.05) is 25.3 Å². The molecule has 2 aromatic rings. The predicted molar refractivity (Wildman–Crippen MR) is 95.5 cm³/mol. The van der Waals surface area contributed by atoms with Crippen LogP contribution in [-0.2, 0) is 14.3 Å². The molecule has 0 saturated heterocycles. The van der Waals surface area contributed by atoms with Crippen LogP contribution in [0.1, 0.15) is 16.8 Å². The monoisotopic (exact) mass is 406 g/mol. The third kappa shape index (κ3) is 5.41. The minimum Gasteiger partial charge on any atom is -0.456 e. The van der Waals surface area contributed by atoms with Crippen molar-refractivity contribution in [3.8, 4) is 11.5 Å². The molecule has 0 radical (unpaired) electrons. The third-order valence-corrected chi connectivity index (χ3v) is 3.81. The number of hydrogen-bond donors (Lipinski definition) is 2. The molecule has 1 aliphatic rings. The summed E-state index contributed by atoms with van der Waals surface area (Å²) >= 11 is 0. The first-order chi connectivity index (χ1) is 13.9. The van der Waals surface area contributed by atoms with E-state index in [-0.39, 0.29) is 25.3 Å². The molecule has 0 bridgehead atoms. The van der Waals surface area contributed by atoms with Crippen LogP contribution in [0.5, 0.6) is 11.5 Å². The van der Waals surface area contributed by atoms with Crippen LogP contribution >= 0.6 is 0 Å². The number of hydrogen-bond acceptors (Lipinski definition) is 6. The normalized spacial score (nSPS) is 11.7. The van der Waals surface area contributed by atoms with Crippen LogP contribution in [-0.4, -0.2) is 37.7 Å². The maximum absolute atomic E-state index is 13.5. The Balaban J connectivity index is 1.37.